The van der Waals surface area contributed by atoms with Crippen LogP contribution < -0.4 is 4.74 Å². The summed E-state index contributed by atoms with van der Waals surface area (Å²) in [7, 11) is 1.52. The molecule has 2 N–H and O–H groups in total. The largest absolute Gasteiger partial charge is 0.497 e. The third-order valence-electron chi connectivity index (χ3n) is 1.98. The SMILES string of the molecule is COc1ccc(N=CC(C(=O)O)C(=O)O)cc1. The highest BCUT2D eigenvalue weighted by molar-refractivity contribution is 6.08. The molecule has 0 aliphatic heterocycles. The summed E-state index contributed by atoms with van der Waals surface area (Å²) in [5.41, 5.74) is 0.457. The summed E-state index contributed by atoms with van der Waals surface area (Å²) < 4.78 is 4.93. The molecule has 0 atom stereocenters. The molecule has 0 fully saturated rings. The van der Waals surface area contributed by atoms with E-state index in [1.807, 2.05) is 0 Å². The van der Waals surface area contributed by atoms with Gasteiger partial charge in [-0.15, -0.1) is 0 Å². The molecule has 6 heteroatoms. The van der Waals surface area contributed by atoms with E-state index < -0.39 is 17.9 Å². The van der Waals surface area contributed by atoms with Crippen LogP contribution in [0.25, 0.3) is 0 Å². The first-order valence-corrected chi connectivity index (χ1v) is 4.68. The van der Waals surface area contributed by atoms with Crippen LogP contribution in [0.3, 0.4) is 0 Å². The highest BCUT2D eigenvalue weighted by Crippen LogP contribution is 2.17. The Morgan fingerprint density at radius 3 is 2.18 bits per heavy atom. The van der Waals surface area contributed by atoms with Crippen molar-refractivity contribution in [1.82, 2.24) is 0 Å². The predicted octanol–water partition coefficient (Wildman–Crippen LogP) is 1.18. The van der Waals surface area contributed by atoms with Gasteiger partial charge in [0.2, 0.25) is 0 Å². The topological polar surface area (TPSA) is 96.2 Å². The number of nitrogens with zero attached hydrogens (tertiary/aromatic N) is 1. The van der Waals surface area contributed by atoms with Gasteiger partial charge in [0.1, 0.15) is 5.75 Å². The molecule has 1 rings (SSSR count). The molecule has 0 radical (unpaired) electrons. The quantitative estimate of drug-likeness (QED) is 0.592. The zero-order chi connectivity index (χ0) is 12.8. The van der Waals surface area contributed by atoms with Gasteiger partial charge >= 0.3 is 11.9 Å². The molecular weight excluding hydrogens is 226 g/mol. The van der Waals surface area contributed by atoms with Crippen LogP contribution in [0.5, 0.6) is 5.75 Å². The number of rotatable bonds is 5. The molecule has 0 unspecified atom stereocenters. The molecule has 0 heterocycles. The standard InChI is InChI=1S/C11H11NO5/c1-17-8-4-2-7(3-5-8)12-6-9(10(13)14)11(15)16/h2-6,9H,1H3,(H,13,14)(H,15,16). The fourth-order valence-electron chi connectivity index (χ4n) is 1.06. The van der Waals surface area contributed by atoms with Crippen molar-refractivity contribution >= 4 is 23.8 Å². The maximum Gasteiger partial charge on any atom is 0.323 e. The van der Waals surface area contributed by atoms with Gasteiger partial charge < -0.3 is 14.9 Å². The third kappa shape index (κ3) is 3.60. The molecule has 6 nitrogen and oxygen atoms in total. The van der Waals surface area contributed by atoms with E-state index in [0.717, 1.165) is 6.21 Å². The van der Waals surface area contributed by atoms with E-state index in [-0.39, 0.29) is 0 Å². The highest BCUT2D eigenvalue weighted by Gasteiger charge is 2.23. The number of carboxylic acids is 2. The lowest BCUT2D eigenvalue weighted by atomic mass is 10.2. The summed E-state index contributed by atoms with van der Waals surface area (Å²) in [6.45, 7) is 0. The van der Waals surface area contributed by atoms with Crippen molar-refractivity contribution in [3.05, 3.63) is 24.3 Å². The molecule has 1 aromatic rings. The molecule has 0 saturated heterocycles. The maximum absolute atomic E-state index is 10.6. The van der Waals surface area contributed by atoms with Gasteiger partial charge in [-0.25, -0.2) is 0 Å². The van der Waals surface area contributed by atoms with Crippen molar-refractivity contribution in [2.45, 2.75) is 0 Å². The summed E-state index contributed by atoms with van der Waals surface area (Å²) in [4.78, 5) is 24.9. The highest BCUT2D eigenvalue weighted by atomic mass is 16.5. The zero-order valence-corrected chi connectivity index (χ0v) is 9.03. The Hall–Kier alpha value is -2.37. The summed E-state index contributed by atoms with van der Waals surface area (Å²) in [6.07, 6.45) is 0.881. The fraction of sp³-hybridized carbons (Fsp3) is 0.182. The lowest BCUT2D eigenvalue weighted by Gasteiger charge is -2.01. The first-order valence-electron chi connectivity index (χ1n) is 4.68. The van der Waals surface area contributed by atoms with Crippen LogP contribution in [0.1, 0.15) is 0 Å². The molecule has 0 saturated carbocycles. The Labute approximate surface area is 97.2 Å². The number of benzene rings is 1. The van der Waals surface area contributed by atoms with Gasteiger partial charge in [-0.1, -0.05) is 0 Å². The number of aliphatic imine (C=N–C) groups is 1. The molecule has 0 aliphatic rings. The average molecular weight is 237 g/mol. The van der Waals surface area contributed by atoms with Crippen LogP contribution in [-0.4, -0.2) is 35.5 Å². The number of hydrogen-bond donors (Lipinski definition) is 2. The molecule has 17 heavy (non-hydrogen) atoms. The van der Waals surface area contributed by atoms with Gasteiger partial charge in [-0.2, -0.15) is 0 Å². The zero-order valence-electron chi connectivity index (χ0n) is 9.03. The normalized spacial score (nSPS) is 10.7. The summed E-state index contributed by atoms with van der Waals surface area (Å²) in [6, 6.07) is 6.47. The van der Waals surface area contributed by atoms with Crippen LogP contribution in [0, 0.1) is 5.92 Å². The summed E-state index contributed by atoms with van der Waals surface area (Å²) >= 11 is 0. The first-order chi connectivity index (χ1) is 8.04. The van der Waals surface area contributed by atoms with E-state index in [1.165, 1.54) is 7.11 Å². The van der Waals surface area contributed by atoms with Crippen molar-refractivity contribution in [1.29, 1.82) is 0 Å². The van der Waals surface area contributed by atoms with Crippen LogP contribution >= 0.6 is 0 Å². The van der Waals surface area contributed by atoms with Gasteiger partial charge in [-0.05, 0) is 24.3 Å². The molecular formula is C11H11NO5. The van der Waals surface area contributed by atoms with Crippen molar-refractivity contribution in [3.63, 3.8) is 0 Å². The van der Waals surface area contributed by atoms with Gasteiger partial charge in [0.05, 0.1) is 12.8 Å². The number of methoxy groups -OCH3 is 1. The average Bonchev–Trinajstić information content (AvgIpc) is 2.29. The predicted molar refractivity (Wildman–Crippen MR) is 59.9 cm³/mol. The lowest BCUT2D eigenvalue weighted by molar-refractivity contribution is -0.150. The summed E-state index contributed by atoms with van der Waals surface area (Å²) in [5.74, 6) is -3.90. The number of hydrogen-bond acceptors (Lipinski definition) is 4. The van der Waals surface area contributed by atoms with Gasteiger partial charge in [-0.3, -0.25) is 14.6 Å². The number of carboxylic acid groups (broad SMARTS) is 2. The number of aliphatic carboxylic acids is 2. The van der Waals surface area contributed by atoms with E-state index in [9.17, 15) is 9.59 Å². The van der Waals surface area contributed by atoms with E-state index in [4.69, 9.17) is 14.9 Å². The summed E-state index contributed by atoms with van der Waals surface area (Å²) in [5, 5.41) is 17.2. The van der Waals surface area contributed by atoms with Crippen LogP contribution in [0.15, 0.2) is 29.3 Å². The van der Waals surface area contributed by atoms with Crippen LogP contribution in [0.4, 0.5) is 5.69 Å². The molecule has 0 aromatic heterocycles. The van der Waals surface area contributed by atoms with Crippen molar-refractivity contribution in [2.24, 2.45) is 10.9 Å². The Kier molecular flexibility index (Phi) is 4.21. The Balaban J connectivity index is 2.81. The second-order valence-electron chi connectivity index (χ2n) is 3.13. The van der Waals surface area contributed by atoms with Crippen LogP contribution in [0.2, 0.25) is 0 Å². The van der Waals surface area contributed by atoms with Gasteiger partial charge in [0.25, 0.3) is 0 Å². The van der Waals surface area contributed by atoms with E-state index in [2.05, 4.69) is 4.99 Å². The number of ether oxygens (including phenoxy) is 1. The van der Waals surface area contributed by atoms with E-state index in [1.54, 1.807) is 24.3 Å². The monoisotopic (exact) mass is 237 g/mol. The lowest BCUT2D eigenvalue weighted by Crippen LogP contribution is -2.24. The van der Waals surface area contributed by atoms with Crippen molar-refractivity contribution < 1.29 is 24.5 Å². The maximum atomic E-state index is 10.6. The van der Waals surface area contributed by atoms with E-state index >= 15 is 0 Å². The minimum absolute atomic E-state index is 0.457. The molecule has 1 aromatic carbocycles. The Morgan fingerprint density at radius 1 is 1.24 bits per heavy atom. The minimum atomic E-state index is -1.64. The van der Waals surface area contributed by atoms with Gasteiger partial charge in [0.15, 0.2) is 5.92 Å². The molecule has 0 amide bonds. The minimum Gasteiger partial charge on any atom is -0.497 e. The molecule has 0 spiro atoms. The number of carbonyl (C=O) groups is 2. The fourth-order valence-corrected chi connectivity index (χ4v) is 1.06. The Bertz CT molecular complexity index is 424. The second-order valence-corrected chi connectivity index (χ2v) is 3.13. The van der Waals surface area contributed by atoms with Gasteiger partial charge in [0, 0.05) is 6.21 Å². The van der Waals surface area contributed by atoms with Crippen LogP contribution in [-0.2, 0) is 9.59 Å². The smallest absolute Gasteiger partial charge is 0.323 e. The molecule has 0 bridgehead atoms. The molecule has 0 aliphatic carbocycles. The third-order valence-corrected chi connectivity index (χ3v) is 1.98. The molecule has 90 valence electrons. The van der Waals surface area contributed by atoms with Crippen molar-refractivity contribution in [3.8, 4) is 5.75 Å². The first kappa shape index (κ1) is 12.7. The van der Waals surface area contributed by atoms with E-state index in [0.29, 0.717) is 11.4 Å². The second kappa shape index (κ2) is 5.64. The Morgan fingerprint density at radius 2 is 1.76 bits per heavy atom. The van der Waals surface area contributed by atoms with Crippen molar-refractivity contribution in [2.75, 3.05) is 7.11 Å².